The maximum Gasteiger partial charge on any atom is 0.248 e. The zero-order chi connectivity index (χ0) is 15.2. The van der Waals surface area contributed by atoms with Gasteiger partial charge < -0.3 is 10.1 Å². The molecule has 1 amide bonds. The first-order valence-electron chi connectivity index (χ1n) is 6.16. The van der Waals surface area contributed by atoms with Gasteiger partial charge in [0.2, 0.25) is 5.91 Å². The first-order valence-corrected chi connectivity index (χ1v) is 6.54. The number of benzene rings is 2. The van der Waals surface area contributed by atoms with Crippen molar-refractivity contribution in [2.45, 2.75) is 0 Å². The molecule has 21 heavy (non-hydrogen) atoms. The van der Waals surface area contributed by atoms with Gasteiger partial charge in [0.1, 0.15) is 11.6 Å². The van der Waals surface area contributed by atoms with E-state index in [9.17, 15) is 9.18 Å². The molecule has 0 aliphatic heterocycles. The summed E-state index contributed by atoms with van der Waals surface area (Å²) in [6, 6.07) is 11.3. The van der Waals surface area contributed by atoms with Crippen LogP contribution in [-0.4, -0.2) is 13.0 Å². The predicted octanol–water partition coefficient (Wildman–Crippen LogP) is 4.14. The quantitative estimate of drug-likeness (QED) is 0.862. The van der Waals surface area contributed by atoms with Crippen LogP contribution in [0.25, 0.3) is 6.08 Å². The lowest BCUT2D eigenvalue weighted by molar-refractivity contribution is -0.111. The third kappa shape index (κ3) is 4.33. The minimum absolute atomic E-state index is 0.0868. The number of anilines is 1. The van der Waals surface area contributed by atoms with Crippen LogP contribution >= 0.6 is 11.6 Å². The Kier molecular flexibility index (Phi) is 4.95. The van der Waals surface area contributed by atoms with Crippen molar-refractivity contribution < 1.29 is 13.9 Å². The predicted molar refractivity (Wildman–Crippen MR) is 82.1 cm³/mol. The van der Waals surface area contributed by atoms with Crippen molar-refractivity contribution in [3.8, 4) is 5.75 Å². The summed E-state index contributed by atoms with van der Waals surface area (Å²) in [5.74, 6) is -0.263. The molecule has 0 aromatic heterocycles. The van der Waals surface area contributed by atoms with Crippen molar-refractivity contribution >= 4 is 29.3 Å². The molecule has 0 aliphatic carbocycles. The van der Waals surface area contributed by atoms with E-state index in [0.29, 0.717) is 0 Å². The van der Waals surface area contributed by atoms with Crippen LogP contribution in [0.2, 0.25) is 5.02 Å². The summed E-state index contributed by atoms with van der Waals surface area (Å²) in [5.41, 5.74) is 0.923. The molecule has 1 N–H and O–H groups in total. The Morgan fingerprint density at radius 3 is 2.57 bits per heavy atom. The summed E-state index contributed by atoms with van der Waals surface area (Å²) < 4.78 is 18.6. The minimum Gasteiger partial charge on any atom is -0.497 e. The summed E-state index contributed by atoms with van der Waals surface area (Å²) in [5, 5.41) is 2.72. The molecule has 3 nitrogen and oxygen atoms in total. The summed E-state index contributed by atoms with van der Waals surface area (Å²) >= 11 is 5.64. The van der Waals surface area contributed by atoms with E-state index in [-0.39, 0.29) is 10.7 Å². The highest BCUT2D eigenvalue weighted by molar-refractivity contribution is 6.30. The number of methoxy groups -OCH3 is 1. The van der Waals surface area contributed by atoms with E-state index in [1.807, 2.05) is 12.1 Å². The third-order valence-corrected chi connectivity index (χ3v) is 2.97. The van der Waals surface area contributed by atoms with E-state index in [1.165, 1.54) is 18.2 Å². The molecule has 0 saturated heterocycles. The van der Waals surface area contributed by atoms with Crippen LogP contribution in [0.4, 0.5) is 10.1 Å². The maximum absolute atomic E-state index is 13.5. The van der Waals surface area contributed by atoms with Crippen LogP contribution in [0.1, 0.15) is 5.56 Å². The molecular formula is C16H13ClFNO2. The van der Waals surface area contributed by atoms with Gasteiger partial charge in [-0.05, 0) is 42.0 Å². The molecule has 2 aromatic rings. The Balaban J connectivity index is 2.01. The Labute approximate surface area is 127 Å². The zero-order valence-electron chi connectivity index (χ0n) is 11.3. The van der Waals surface area contributed by atoms with Gasteiger partial charge in [0.15, 0.2) is 0 Å². The molecular weight excluding hydrogens is 293 g/mol. The highest BCUT2D eigenvalue weighted by Crippen LogP contribution is 2.19. The summed E-state index contributed by atoms with van der Waals surface area (Å²) in [4.78, 5) is 11.7. The number of carbonyl (C=O) groups excluding carboxylic acids is 1. The summed E-state index contributed by atoms with van der Waals surface area (Å²) in [6.45, 7) is 0. The van der Waals surface area contributed by atoms with Gasteiger partial charge in [-0.25, -0.2) is 4.39 Å². The second-order valence-electron chi connectivity index (χ2n) is 4.22. The van der Waals surface area contributed by atoms with E-state index < -0.39 is 11.7 Å². The number of hydrogen-bond donors (Lipinski definition) is 1. The number of nitrogens with one attached hydrogen (secondary N) is 1. The first-order chi connectivity index (χ1) is 10.1. The van der Waals surface area contributed by atoms with Gasteiger partial charge >= 0.3 is 0 Å². The molecule has 0 saturated carbocycles. The van der Waals surface area contributed by atoms with Crippen molar-refractivity contribution in [2.24, 2.45) is 0 Å². The highest BCUT2D eigenvalue weighted by atomic mass is 35.5. The normalized spacial score (nSPS) is 10.6. The number of hydrogen-bond acceptors (Lipinski definition) is 2. The zero-order valence-corrected chi connectivity index (χ0v) is 12.0. The second kappa shape index (κ2) is 6.90. The number of carbonyl (C=O) groups is 1. The number of amides is 1. The van der Waals surface area contributed by atoms with Gasteiger partial charge in [0, 0.05) is 11.1 Å². The Morgan fingerprint density at radius 1 is 1.24 bits per heavy atom. The molecule has 2 rings (SSSR count). The molecule has 0 fully saturated rings. The van der Waals surface area contributed by atoms with E-state index in [0.717, 1.165) is 17.4 Å². The Morgan fingerprint density at radius 2 is 1.95 bits per heavy atom. The lowest BCUT2D eigenvalue weighted by atomic mass is 10.2. The van der Waals surface area contributed by atoms with Gasteiger partial charge in [-0.2, -0.15) is 0 Å². The molecule has 0 aliphatic rings. The minimum atomic E-state index is -0.575. The van der Waals surface area contributed by atoms with Gasteiger partial charge in [0.05, 0.1) is 12.8 Å². The van der Waals surface area contributed by atoms with E-state index >= 15 is 0 Å². The topological polar surface area (TPSA) is 38.3 Å². The standard InChI is InChI=1S/C16H13ClFNO2/c1-21-13-6-2-11(3-7-13)4-9-16(20)19-15-8-5-12(17)10-14(15)18/h2-10H,1H3,(H,19,20). The van der Waals surface area contributed by atoms with Crippen LogP contribution in [0, 0.1) is 5.82 Å². The third-order valence-electron chi connectivity index (χ3n) is 2.73. The smallest absolute Gasteiger partial charge is 0.248 e. The first kappa shape index (κ1) is 15.1. The average molecular weight is 306 g/mol. The van der Waals surface area contributed by atoms with Crippen molar-refractivity contribution in [3.63, 3.8) is 0 Å². The van der Waals surface area contributed by atoms with Gasteiger partial charge in [-0.1, -0.05) is 23.7 Å². The van der Waals surface area contributed by atoms with Gasteiger partial charge in [-0.3, -0.25) is 4.79 Å². The maximum atomic E-state index is 13.5. The summed E-state index contributed by atoms with van der Waals surface area (Å²) in [6.07, 6.45) is 2.96. The van der Waals surface area contributed by atoms with Crippen molar-refractivity contribution in [2.75, 3.05) is 12.4 Å². The second-order valence-corrected chi connectivity index (χ2v) is 4.66. The summed E-state index contributed by atoms with van der Waals surface area (Å²) in [7, 11) is 1.58. The molecule has 2 aromatic carbocycles. The molecule has 0 bridgehead atoms. The largest absolute Gasteiger partial charge is 0.497 e. The van der Waals surface area contributed by atoms with Crippen LogP contribution < -0.4 is 10.1 Å². The molecule has 5 heteroatoms. The fourth-order valence-electron chi connectivity index (χ4n) is 1.65. The van der Waals surface area contributed by atoms with Gasteiger partial charge in [-0.15, -0.1) is 0 Å². The van der Waals surface area contributed by atoms with E-state index in [4.69, 9.17) is 16.3 Å². The van der Waals surface area contributed by atoms with Gasteiger partial charge in [0.25, 0.3) is 0 Å². The molecule has 0 atom stereocenters. The average Bonchev–Trinajstić information content (AvgIpc) is 2.48. The van der Waals surface area contributed by atoms with Crippen molar-refractivity contribution in [1.82, 2.24) is 0 Å². The molecule has 0 spiro atoms. The molecule has 0 heterocycles. The number of rotatable bonds is 4. The van der Waals surface area contributed by atoms with Crippen molar-refractivity contribution in [1.29, 1.82) is 0 Å². The number of ether oxygens (including phenoxy) is 1. The van der Waals surface area contributed by atoms with Crippen LogP contribution in [0.3, 0.4) is 0 Å². The van der Waals surface area contributed by atoms with Crippen LogP contribution in [-0.2, 0) is 4.79 Å². The fraction of sp³-hybridized carbons (Fsp3) is 0.0625. The molecule has 0 unspecified atom stereocenters. The lowest BCUT2D eigenvalue weighted by Crippen LogP contribution is -2.09. The molecule has 0 radical (unpaired) electrons. The molecule has 108 valence electrons. The van der Waals surface area contributed by atoms with E-state index in [1.54, 1.807) is 25.3 Å². The highest BCUT2D eigenvalue weighted by Gasteiger charge is 2.05. The van der Waals surface area contributed by atoms with Crippen LogP contribution in [0.15, 0.2) is 48.5 Å². The van der Waals surface area contributed by atoms with E-state index in [2.05, 4.69) is 5.32 Å². The Bertz CT molecular complexity index is 668. The van der Waals surface area contributed by atoms with Crippen LogP contribution in [0.5, 0.6) is 5.75 Å². The Hall–Kier alpha value is -2.33. The monoisotopic (exact) mass is 305 g/mol. The number of halogens is 2. The SMILES string of the molecule is COc1ccc(C=CC(=O)Nc2ccc(Cl)cc2F)cc1. The fourth-order valence-corrected chi connectivity index (χ4v) is 1.81. The van der Waals surface area contributed by atoms with Crippen molar-refractivity contribution in [3.05, 3.63) is 64.9 Å². The lowest BCUT2D eigenvalue weighted by Gasteiger charge is -2.04.